The fraction of sp³-hybridized carbons (Fsp3) is 0.286. The number of nitrogens with one attached hydrogen (secondary N) is 1. The summed E-state index contributed by atoms with van der Waals surface area (Å²) in [4.78, 5) is 6.51. The maximum Gasteiger partial charge on any atom is 0.242 e. The second-order valence-corrected chi connectivity index (χ2v) is 8.68. The molecular weight excluding hydrogens is 374 g/mol. The summed E-state index contributed by atoms with van der Waals surface area (Å²) >= 11 is 0. The van der Waals surface area contributed by atoms with Gasteiger partial charge in [-0.3, -0.25) is 4.98 Å². The lowest BCUT2D eigenvalue weighted by molar-refractivity contribution is 0.298. The normalized spacial score (nSPS) is 13.0. The Kier molecular flexibility index (Phi) is 5.98. The molecule has 3 rings (SSSR count). The van der Waals surface area contributed by atoms with Crippen molar-refractivity contribution in [3.05, 3.63) is 65.9 Å². The largest absolute Gasteiger partial charge is 0.497 e. The average Bonchev–Trinajstić information content (AvgIpc) is 2.67. The van der Waals surface area contributed by atoms with Crippen LogP contribution in [0, 0.1) is 6.92 Å². The van der Waals surface area contributed by atoms with Gasteiger partial charge in [-0.05, 0) is 56.4 Å². The first-order valence-electron chi connectivity index (χ1n) is 8.97. The number of hydrogen-bond donors (Lipinski definition) is 1. The van der Waals surface area contributed by atoms with Crippen LogP contribution in [0.15, 0.2) is 59.6 Å². The van der Waals surface area contributed by atoms with Gasteiger partial charge in [0.2, 0.25) is 10.0 Å². The van der Waals surface area contributed by atoms with Crippen LogP contribution in [0.3, 0.4) is 0 Å². The van der Waals surface area contributed by atoms with Gasteiger partial charge < -0.3 is 9.64 Å². The molecule has 0 amide bonds. The standard InChI is InChI=1S/C21H25N3O3S/c1-15-11-17-8-6-10-20(21(17)22-13-15)28(25,26)23-14-19(24(2)3)16-7-5-9-18(12-16)27-4/h5-13,19,23H,14H2,1-4H3/t19-/m1/s1. The molecule has 0 saturated heterocycles. The lowest BCUT2D eigenvalue weighted by Gasteiger charge is -2.25. The van der Waals surface area contributed by atoms with Crippen LogP contribution in [0.1, 0.15) is 17.2 Å². The Labute approximate surface area is 166 Å². The van der Waals surface area contributed by atoms with Gasteiger partial charge in [0, 0.05) is 24.2 Å². The Balaban J connectivity index is 1.89. The number of nitrogens with zero attached hydrogens (tertiary/aromatic N) is 2. The molecule has 0 bridgehead atoms. The molecule has 3 aromatic rings. The zero-order chi connectivity index (χ0) is 20.3. The minimum atomic E-state index is -3.72. The third-order valence-electron chi connectivity index (χ3n) is 4.67. The van der Waals surface area contributed by atoms with E-state index >= 15 is 0 Å². The zero-order valence-corrected chi connectivity index (χ0v) is 17.3. The highest BCUT2D eigenvalue weighted by Crippen LogP contribution is 2.24. The molecule has 1 atom stereocenters. The molecule has 0 aliphatic carbocycles. The van der Waals surface area contributed by atoms with E-state index in [1.165, 1.54) is 0 Å². The molecule has 0 aliphatic rings. The van der Waals surface area contributed by atoms with E-state index in [0.29, 0.717) is 5.52 Å². The lowest BCUT2D eigenvalue weighted by Crippen LogP contribution is -2.34. The summed E-state index contributed by atoms with van der Waals surface area (Å²) in [5.41, 5.74) is 2.43. The molecule has 0 radical (unpaired) electrons. The molecule has 1 aromatic heterocycles. The summed E-state index contributed by atoms with van der Waals surface area (Å²) in [5.74, 6) is 0.737. The van der Waals surface area contributed by atoms with Crippen molar-refractivity contribution in [2.24, 2.45) is 0 Å². The van der Waals surface area contributed by atoms with Crippen LogP contribution in [-0.2, 0) is 10.0 Å². The van der Waals surface area contributed by atoms with Gasteiger partial charge in [0.05, 0.1) is 12.6 Å². The van der Waals surface area contributed by atoms with Crippen LogP contribution in [0.2, 0.25) is 0 Å². The highest BCUT2D eigenvalue weighted by molar-refractivity contribution is 7.89. The van der Waals surface area contributed by atoms with Gasteiger partial charge in [0.25, 0.3) is 0 Å². The summed E-state index contributed by atoms with van der Waals surface area (Å²) in [6, 6.07) is 14.6. The molecule has 0 saturated carbocycles. The van der Waals surface area contributed by atoms with E-state index in [4.69, 9.17) is 4.74 Å². The lowest BCUT2D eigenvalue weighted by atomic mass is 10.1. The van der Waals surface area contributed by atoms with E-state index in [2.05, 4.69) is 9.71 Å². The van der Waals surface area contributed by atoms with Gasteiger partial charge in [0.1, 0.15) is 10.6 Å². The van der Waals surface area contributed by atoms with Crippen LogP contribution >= 0.6 is 0 Å². The van der Waals surface area contributed by atoms with Gasteiger partial charge in [-0.2, -0.15) is 0 Å². The number of para-hydroxylation sites is 1. The van der Waals surface area contributed by atoms with Crippen LogP contribution in [0.4, 0.5) is 0 Å². The van der Waals surface area contributed by atoms with Crippen molar-refractivity contribution in [3.8, 4) is 5.75 Å². The maximum absolute atomic E-state index is 13.0. The summed E-state index contributed by atoms with van der Waals surface area (Å²) < 4.78 is 34.1. The Morgan fingerprint density at radius 2 is 1.89 bits per heavy atom. The number of likely N-dealkylation sites (N-methyl/N-ethyl adjacent to an activating group) is 1. The number of methoxy groups -OCH3 is 1. The summed E-state index contributed by atoms with van der Waals surface area (Å²) in [5, 5.41) is 0.805. The SMILES string of the molecule is COc1cccc([C@@H](CNS(=O)(=O)c2cccc3cc(C)cnc23)N(C)C)c1. The number of fused-ring (bicyclic) bond motifs is 1. The first-order valence-corrected chi connectivity index (χ1v) is 10.5. The van der Waals surface area contributed by atoms with Gasteiger partial charge in [-0.25, -0.2) is 13.1 Å². The van der Waals surface area contributed by atoms with E-state index < -0.39 is 10.0 Å². The van der Waals surface area contributed by atoms with Crippen molar-refractivity contribution in [3.63, 3.8) is 0 Å². The molecule has 0 unspecified atom stereocenters. The fourth-order valence-corrected chi connectivity index (χ4v) is 4.39. The maximum atomic E-state index is 13.0. The van der Waals surface area contributed by atoms with Crippen LogP contribution < -0.4 is 9.46 Å². The molecule has 7 heteroatoms. The van der Waals surface area contributed by atoms with Gasteiger partial charge in [-0.1, -0.05) is 24.3 Å². The van der Waals surface area contributed by atoms with E-state index in [1.807, 2.05) is 62.3 Å². The molecule has 148 valence electrons. The molecule has 28 heavy (non-hydrogen) atoms. The minimum absolute atomic E-state index is 0.143. The second kappa shape index (κ2) is 8.26. The number of benzene rings is 2. The zero-order valence-electron chi connectivity index (χ0n) is 16.5. The van der Waals surface area contributed by atoms with Crippen molar-refractivity contribution in [2.45, 2.75) is 17.9 Å². The Bertz CT molecular complexity index is 1080. The Morgan fingerprint density at radius 1 is 1.14 bits per heavy atom. The number of pyridine rings is 1. The smallest absolute Gasteiger partial charge is 0.242 e. The predicted octanol–water partition coefficient (Wildman–Crippen LogP) is 3.13. The predicted molar refractivity (Wildman–Crippen MR) is 111 cm³/mol. The monoisotopic (exact) mass is 399 g/mol. The number of sulfonamides is 1. The molecule has 2 aromatic carbocycles. The Morgan fingerprint density at radius 3 is 2.61 bits per heavy atom. The van der Waals surface area contributed by atoms with Gasteiger partial charge in [0.15, 0.2) is 0 Å². The quantitative estimate of drug-likeness (QED) is 0.661. The highest BCUT2D eigenvalue weighted by Gasteiger charge is 2.22. The van der Waals surface area contributed by atoms with E-state index in [9.17, 15) is 8.42 Å². The second-order valence-electron chi connectivity index (χ2n) is 6.95. The van der Waals surface area contributed by atoms with Gasteiger partial charge >= 0.3 is 0 Å². The third kappa shape index (κ3) is 4.32. The Hall–Kier alpha value is -2.48. The van der Waals surface area contributed by atoms with Crippen molar-refractivity contribution in [2.75, 3.05) is 27.7 Å². The van der Waals surface area contributed by atoms with E-state index in [0.717, 1.165) is 22.3 Å². The van der Waals surface area contributed by atoms with Crippen molar-refractivity contribution in [1.82, 2.24) is 14.6 Å². The fourth-order valence-electron chi connectivity index (χ4n) is 3.17. The molecule has 0 aliphatic heterocycles. The molecular formula is C21H25N3O3S. The molecule has 1 heterocycles. The molecule has 6 nitrogen and oxygen atoms in total. The first kappa shape index (κ1) is 20.3. The summed E-state index contributed by atoms with van der Waals surface area (Å²) in [7, 11) is 1.73. The van der Waals surface area contributed by atoms with Crippen LogP contribution in [0.5, 0.6) is 5.75 Å². The number of aryl methyl sites for hydroxylation is 1. The highest BCUT2D eigenvalue weighted by atomic mass is 32.2. The van der Waals surface area contributed by atoms with Gasteiger partial charge in [-0.15, -0.1) is 0 Å². The topological polar surface area (TPSA) is 71.5 Å². The number of rotatable bonds is 7. The average molecular weight is 400 g/mol. The summed E-state index contributed by atoms with van der Waals surface area (Å²) in [6.45, 7) is 2.16. The van der Waals surface area contributed by atoms with Crippen LogP contribution in [-0.4, -0.2) is 46.1 Å². The van der Waals surface area contributed by atoms with Crippen molar-refractivity contribution in [1.29, 1.82) is 0 Å². The van der Waals surface area contributed by atoms with Crippen molar-refractivity contribution < 1.29 is 13.2 Å². The molecule has 0 spiro atoms. The van der Waals surface area contributed by atoms with Crippen LogP contribution in [0.25, 0.3) is 10.9 Å². The minimum Gasteiger partial charge on any atom is -0.497 e. The summed E-state index contributed by atoms with van der Waals surface area (Å²) in [6.07, 6.45) is 1.68. The van der Waals surface area contributed by atoms with Crippen molar-refractivity contribution >= 4 is 20.9 Å². The number of aromatic nitrogens is 1. The third-order valence-corrected chi connectivity index (χ3v) is 6.12. The molecule has 1 N–H and O–H groups in total. The van der Waals surface area contributed by atoms with E-state index in [-0.39, 0.29) is 17.5 Å². The molecule has 0 fully saturated rings. The van der Waals surface area contributed by atoms with E-state index in [1.54, 1.807) is 25.4 Å². The number of ether oxygens (including phenoxy) is 1. The number of hydrogen-bond acceptors (Lipinski definition) is 5. The first-order chi connectivity index (χ1) is 13.3.